The van der Waals surface area contributed by atoms with E-state index in [-0.39, 0.29) is 12.3 Å². The summed E-state index contributed by atoms with van der Waals surface area (Å²) in [5.41, 5.74) is -0.0529. The van der Waals surface area contributed by atoms with Crippen LogP contribution in [0.15, 0.2) is 24.4 Å². The van der Waals surface area contributed by atoms with E-state index in [1.54, 1.807) is 28.8 Å². The number of pyridine rings is 1. The van der Waals surface area contributed by atoms with Gasteiger partial charge in [-0.1, -0.05) is 6.07 Å². The molecule has 0 radical (unpaired) electrons. The van der Waals surface area contributed by atoms with Gasteiger partial charge in [-0.05, 0) is 12.1 Å². The van der Waals surface area contributed by atoms with E-state index in [1.807, 2.05) is 0 Å². The van der Waals surface area contributed by atoms with E-state index >= 15 is 0 Å². The molecule has 3 heterocycles. The van der Waals surface area contributed by atoms with Crippen molar-refractivity contribution in [2.24, 2.45) is 0 Å². The summed E-state index contributed by atoms with van der Waals surface area (Å²) in [7, 11) is 0. The standard InChI is InChI=1S/C12H12N2O4/c15-5-12(6-18-7-12)11-13-9(10(16)17)8-3-1-2-4-14(8)11/h1-4,15H,5-7H2,(H,16,17). The molecule has 1 fully saturated rings. The topological polar surface area (TPSA) is 84.1 Å². The molecule has 1 saturated heterocycles. The van der Waals surface area contributed by atoms with Crippen molar-refractivity contribution in [1.29, 1.82) is 0 Å². The smallest absolute Gasteiger partial charge is 0.356 e. The number of hydrogen-bond acceptors (Lipinski definition) is 4. The van der Waals surface area contributed by atoms with Gasteiger partial charge in [0.25, 0.3) is 0 Å². The van der Waals surface area contributed by atoms with Gasteiger partial charge in [0.2, 0.25) is 0 Å². The molecule has 2 aromatic heterocycles. The molecule has 0 amide bonds. The van der Waals surface area contributed by atoms with Crippen LogP contribution in [0.1, 0.15) is 16.3 Å². The minimum atomic E-state index is -1.07. The highest BCUT2D eigenvalue weighted by molar-refractivity contribution is 5.93. The van der Waals surface area contributed by atoms with Crippen LogP contribution < -0.4 is 0 Å². The first-order chi connectivity index (χ1) is 8.68. The molecule has 0 spiro atoms. The normalized spacial score (nSPS) is 17.6. The monoisotopic (exact) mass is 248 g/mol. The number of nitrogens with zero attached hydrogens (tertiary/aromatic N) is 2. The molecule has 1 aliphatic heterocycles. The number of carboxylic acid groups (broad SMARTS) is 1. The molecule has 6 heteroatoms. The number of aromatic nitrogens is 2. The van der Waals surface area contributed by atoms with Crippen LogP contribution in [0.2, 0.25) is 0 Å². The Kier molecular flexibility index (Phi) is 2.36. The second-order valence-electron chi connectivity index (χ2n) is 4.48. The van der Waals surface area contributed by atoms with Gasteiger partial charge in [-0.15, -0.1) is 0 Å². The lowest BCUT2D eigenvalue weighted by Gasteiger charge is -2.38. The van der Waals surface area contributed by atoms with Crippen molar-refractivity contribution in [3.8, 4) is 0 Å². The maximum absolute atomic E-state index is 11.2. The Morgan fingerprint density at radius 2 is 2.28 bits per heavy atom. The third-order valence-corrected chi connectivity index (χ3v) is 3.28. The fourth-order valence-electron chi connectivity index (χ4n) is 2.21. The van der Waals surface area contributed by atoms with Crippen LogP contribution in [0.25, 0.3) is 5.52 Å². The SMILES string of the molecule is O=C(O)c1nc(C2(CO)COC2)n2ccccc12. The van der Waals surface area contributed by atoms with Gasteiger partial charge in [-0.3, -0.25) is 0 Å². The van der Waals surface area contributed by atoms with E-state index in [2.05, 4.69) is 4.98 Å². The fraction of sp³-hybridized carbons (Fsp3) is 0.333. The minimum Gasteiger partial charge on any atom is -0.476 e. The van der Waals surface area contributed by atoms with Crippen molar-refractivity contribution in [1.82, 2.24) is 9.38 Å². The summed E-state index contributed by atoms with van der Waals surface area (Å²) in [6.07, 6.45) is 1.75. The summed E-state index contributed by atoms with van der Waals surface area (Å²) in [5.74, 6) is -0.525. The van der Waals surface area contributed by atoms with Gasteiger partial charge in [-0.2, -0.15) is 0 Å². The Bertz CT molecular complexity index is 610. The molecular formula is C12H12N2O4. The summed E-state index contributed by atoms with van der Waals surface area (Å²) < 4.78 is 6.85. The zero-order chi connectivity index (χ0) is 12.8. The van der Waals surface area contributed by atoms with Crippen LogP contribution in [0.4, 0.5) is 0 Å². The zero-order valence-corrected chi connectivity index (χ0v) is 9.54. The third kappa shape index (κ3) is 1.36. The van der Waals surface area contributed by atoms with Gasteiger partial charge in [0.05, 0.1) is 30.8 Å². The lowest BCUT2D eigenvalue weighted by Crippen LogP contribution is -2.51. The Morgan fingerprint density at radius 3 is 2.83 bits per heavy atom. The van der Waals surface area contributed by atoms with Crippen molar-refractivity contribution >= 4 is 11.5 Å². The fourth-order valence-corrected chi connectivity index (χ4v) is 2.21. The van der Waals surface area contributed by atoms with Gasteiger partial charge in [0.1, 0.15) is 5.82 Å². The average Bonchev–Trinajstić information content (AvgIpc) is 2.69. The van der Waals surface area contributed by atoms with E-state index in [0.29, 0.717) is 24.6 Å². The summed E-state index contributed by atoms with van der Waals surface area (Å²) in [4.78, 5) is 15.4. The molecule has 2 N–H and O–H groups in total. The second kappa shape index (κ2) is 3.79. The lowest BCUT2D eigenvalue weighted by atomic mass is 9.86. The molecular weight excluding hydrogens is 236 g/mol. The highest BCUT2D eigenvalue weighted by atomic mass is 16.5. The number of aliphatic hydroxyl groups is 1. The number of hydrogen-bond donors (Lipinski definition) is 2. The first-order valence-corrected chi connectivity index (χ1v) is 5.57. The van der Waals surface area contributed by atoms with Crippen molar-refractivity contribution in [2.45, 2.75) is 5.41 Å². The highest BCUT2D eigenvalue weighted by Gasteiger charge is 2.44. The Balaban J connectivity index is 2.27. The van der Waals surface area contributed by atoms with Crippen LogP contribution in [0.5, 0.6) is 0 Å². The minimum absolute atomic E-state index is 0.00493. The number of carboxylic acids is 1. The summed E-state index contributed by atoms with van der Waals surface area (Å²) in [5, 5.41) is 18.7. The van der Waals surface area contributed by atoms with Crippen LogP contribution in [-0.4, -0.2) is 45.4 Å². The van der Waals surface area contributed by atoms with Crippen LogP contribution >= 0.6 is 0 Å². The van der Waals surface area contributed by atoms with Gasteiger partial charge in [0.15, 0.2) is 5.69 Å². The largest absolute Gasteiger partial charge is 0.476 e. The number of aromatic carboxylic acids is 1. The number of carbonyl (C=O) groups is 1. The van der Waals surface area contributed by atoms with Gasteiger partial charge < -0.3 is 19.4 Å². The van der Waals surface area contributed by atoms with Gasteiger partial charge in [0, 0.05) is 6.20 Å². The predicted octanol–water partition coefficient (Wildman–Crippen LogP) is 0.293. The zero-order valence-electron chi connectivity index (χ0n) is 9.54. The quantitative estimate of drug-likeness (QED) is 0.815. The molecule has 94 valence electrons. The first kappa shape index (κ1) is 11.2. The summed E-state index contributed by atoms with van der Waals surface area (Å²) in [6, 6.07) is 5.26. The molecule has 2 aromatic rings. The van der Waals surface area contributed by atoms with Gasteiger partial charge in [-0.25, -0.2) is 9.78 Å². The molecule has 0 aliphatic carbocycles. The first-order valence-electron chi connectivity index (χ1n) is 5.57. The third-order valence-electron chi connectivity index (χ3n) is 3.28. The average molecular weight is 248 g/mol. The van der Waals surface area contributed by atoms with E-state index in [9.17, 15) is 9.90 Å². The van der Waals surface area contributed by atoms with Crippen molar-refractivity contribution in [3.05, 3.63) is 35.9 Å². The lowest BCUT2D eigenvalue weighted by molar-refractivity contribution is -0.0886. The number of imidazole rings is 1. The maximum atomic E-state index is 11.2. The van der Waals surface area contributed by atoms with Crippen molar-refractivity contribution in [3.63, 3.8) is 0 Å². The molecule has 6 nitrogen and oxygen atoms in total. The molecule has 0 unspecified atom stereocenters. The Morgan fingerprint density at radius 1 is 1.50 bits per heavy atom. The van der Waals surface area contributed by atoms with Crippen LogP contribution in [0.3, 0.4) is 0 Å². The summed E-state index contributed by atoms with van der Waals surface area (Å²) >= 11 is 0. The molecule has 0 aromatic carbocycles. The number of aliphatic hydroxyl groups excluding tert-OH is 1. The highest BCUT2D eigenvalue weighted by Crippen LogP contribution is 2.32. The maximum Gasteiger partial charge on any atom is 0.356 e. The Labute approximate surface area is 102 Å². The van der Waals surface area contributed by atoms with Crippen LogP contribution in [0, 0.1) is 0 Å². The van der Waals surface area contributed by atoms with E-state index in [4.69, 9.17) is 9.84 Å². The number of fused-ring (bicyclic) bond motifs is 1. The van der Waals surface area contributed by atoms with E-state index in [0.717, 1.165) is 0 Å². The second-order valence-corrected chi connectivity index (χ2v) is 4.48. The van der Waals surface area contributed by atoms with Gasteiger partial charge >= 0.3 is 5.97 Å². The molecule has 0 bridgehead atoms. The number of rotatable bonds is 3. The van der Waals surface area contributed by atoms with Crippen molar-refractivity contribution < 1.29 is 19.7 Å². The molecule has 18 heavy (non-hydrogen) atoms. The van der Waals surface area contributed by atoms with Crippen LogP contribution in [-0.2, 0) is 10.2 Å². The molecule has 3 rings (SSSR count). The number of ether oxygens (including phenoxy) is 1. The predicted molar refractivity (Wildman–Crippen MR) is 61.7 cm³/mol. The Hall–Kier alpha value is -1.92. The van der Waals surface area contributed by atoms with E-state index < -0.39 is 11.4 Å². The summed E-state index contributed by atoms with van der Waals surface area (Å²) in [6.45, 7) is 0.604. The van der Waals surface area contributed by atoms with Crippen molar-refractivity contribution in [2.75, 3.05) is 19.8 Å². The molecule has 1 aliphatic rings. The molecule has 0 saturated carbocycles. The molecule has 0 atom stereocenters. The van der Waals surface area contributed by atoms with E-state index in [1.165, 1.54) is 0 Å².